The molecule has 1 saturated heterocycles. The van der Waals surface area contributed by atoms with Crippen LogP contribution in [-0.2, 0) is 14.8 Å². The first-order valence-electron chi connectivity index (χ1n) is 10.8. The number of nitrogens with one attached hydrogen (secondary N) is 1. The number of nitrogens with zero attached hydrogens (tertiary/aromatic N) is 1. The van der Waals surface area contributed by atoms with Crippen molar-refractivity contribution in [3.8, 4) is 0 Å². The first-order valence-corrected chi connectivity index (χ1v) is 12.3. The van der Waals surface area contributed by atoms with Crippen molar-refractivity contribution in [1.29, 1.82) is 0 Å². The molecule has 6 heteroatoms. The van der Waals surface area contributed by atoms with Gasteiger partial charge in [0.05, 0.1) is 4.90 Å². The highest BCUT2D eigenvalue weighted by atomic mass is 32.2. The number of carbonyl (C=O) groups is 1. The van der Waals surface area contributed by atoms with Gasteiger partial charge in [-0.15, -0.1) is 0 Å². The molecule has 1 heterocycles. The maximum Gasteiger partial charge on any atom is 0.243 e. The number of amides is 1. The number of hydrogen-bond donors (Lipinski definition) is 1. The number of sulfonamides is 1. The summed E-state index contributed by atoms with van der Waals surface area (Å²) in [6.07, 6.45) is 9.29. The fourth-order valence-electron chi connectivity index (χ4n) is 6.88. The molecule has 152 valence electrons. The lowest BCUT2D eigenvalue weighted by atomic mass is 9.53. The van der Waals surface area contributed by atoms with E-state index >= 15 is 0 Å². The Labute approximate surface area is 167 Å². The average Bonchev–Trinajstić information content (AvgIpc) is 3.09. The molecule has 5 fully saturated rings. The van der Waals surface area contributed by atoms with Crippen LogP contribution in [0.25, 0.3) is 0 Å². The zero-order valence-corrected chi connectivity index (χ0v) is 17.2. The van der Waals surface area contributed by atoms with Crippen molar-refractivity contribution in [2.75, 3.05) is 6.54 Å². The van der Waals surface area contributed by atoms with Gasteiger partial charge in [-0.1, -0.05) is 18.2 Å². The van der Waals surface area contributed by atoms with Crippen molar-refractivity contribution in [3.63, 3.8) is 0 Å². The minimum atomic E-state index is -3.53. The highest BCUT2D eigenvalue weighted by molar-refractivity contribution is 7.89. The quantitative estimate of drug-likeness (QED) is 0.822. The molecule has 4 saturated carbocycles. The maximum absolute atomic E-state index is 13.0. The molecular weight excluding hydrogens is 372 g/mol. The summed E-state index contributed by atoms with van der Waals surface area (Å²) in [5.74, 6) is 2.40. The highest BCUT2D eigenvalue weighted by Crippen LogP contribution is 2.55. The minimum Gasteiger partial charge on any atom is -0.351 e. The Morgan fingerprint density at radius 1 is 1.04 bits per heavy atom. The van der Waals surface area contributed by atoms with Crippen LogP contribution >= 0.6 is 0 Å². The van der Waals surface area contributed by atoms with Crippen LogP contribution in [0.2, 0.25) is 0 Å². The minimum absolute atomic E-state index is 0.00638. The predicted octanol–water partition coefficient (Wildman–Crippen LogP) is 3.31. The molecule has 1 atom stereocenters. The van der Waals surface area contributed by atoms with Crippen molar-refractivity contribution >= 4 is 15.9 Å². The Morgan fingerprint density at radius 3 is 2.25 bits per heavy atom. The molecule has 0 spiro atoms. The summed E-state index contributed by atoms with van der Waals surface area (Å²) in [5.41, 5.74) is -0.00638. The molecular formula is C22H30N2O3S. The molecule has 0 aromatic heterocycles. The van der Waals surface area contributed by atoms with E-state index in [-0.39, 0.29) is 23.9 Å². The largest absolute Gasteiger partial charge is 0.351 e. The third kappa shape index (κ3) is 3.28. The Morgan fingerprint density at radius 2 is 1.64 bits per heavy atom. The van der Waals surface area contributed by atoms with Gasteiger partial charge < -0.3 is 5.32 Å². The van der Waals surface area contributed by atoms with E-state index in [1.165, 1.54) is 19.3 Å². The van der Waals surface area contributed by atoms with E-state index in [1.54, 1.807) is 28.6 Å². The van der Waals surface area contributed by atoms with Crippen LogP contribution in [0.5, 0.6) is 0 Å². The van der Waals surface area contributed by atoms with E-state index in [1.807, 2.05) is 6.07 Å². The Balaban J connectivity index is 1.27. The van der Waals surface area contributed by atoms with Gasteiger partial charge in [-0.05, 0) is 81.3 Å². The highest BCUT2D eigenvalue weighted by Gasteiger charge is 2.51. The van der Waals surface area contributed by atoms with Crippen molar-refractivity contribution in [2.45, 2.75) is 74.3 Å². The first kappa shape index (κ1) is 18.6. The van der Waals surface area contributed by atoms with Gasteiger partial charge in [0.15, 0.2) is 0 Å². The molecule has 6 rings (SSSR count). The SMILES string of the molecule is O=C(CC1CCCN1S(=O)(=O)c1ccccc1)NC12CC3CC(CC(C3)C1)C2. The lowest BCUT2D eigenvalue weighted by Gasteiger charge is -2.57. The third-order valence-electron chi connectivity index (χ3n) is 7.54. The smallest absolute Gasteiger partial charge is 0.243 e. The molecule has 1 aromatic carbocycles. The monoisotopic (exact) mass is 402 g/mol. The summed E-state index contributed by atoms with van der Waals surface area (Å²) in [5, 5.41) is 3.40. The van der Waals surface area contributed by atoms with Gasteiger partial charge in [0, 0.05) is 24.5 Å². The van der Waals surface area contributed by atoms with Crippen molar-refractivity contribution < 1.29 is 13.2 Å². The second-order valence-corrected chi connectivity index (χ2v) is 11.6. The summed E-state index contributed by atoms with van der Waals surface area (Å²) >= 11 is 0. The van der Waals surface area contributed by atoms with E-state index in [2.05, 4.69) is 5.32 Å². The van der Waals surface area contributed by atoms with Crippen LogP contribution in [0.3, 0.4) is 0 Å². The molecule has 1 unspecified atom stereocenters. The second kappa shape index (κ2) is 6.84. The molecule has 5 nitrogen and oxygen atoms in total. The first-order chi connectivity index (χ1) is 13.4. The molecule has 28 heavy (non-hydrogen) atoms. The van der Waals surface area contributed by atoms with Crippen LogP contribution in [0, 0.1) is 17.8 Å². The number of rotatable bonds is 5. The van der Waals surface area contributed by atoms with Crippen molar-refractivity contribution in [1.82, 2.24) is 9.62 Å². The normalized spacial score (nSPS) is 37.3. The summed E-state index contributed by atoms with van der Waals surface area (Å²) in [6, 6.07) is 8.37. The molecule has 0 radical (unpaired) electrons. The van der Waals surface area contributed by atoms with E-state index < -0.39 is 10.0 Å². The molecule has 4 aliphatic carbocycles. The fraction of sp³-hybridized carbons (Fsp3) is 0.682. The third-order valence-corrected chi connectivity index (χ3v) is 9.50. The van der Waals surface area contributed by atoms with Gasteiger partial charge in [-0.3, -0.25) is 4.79 Å². The van der Waals surface area contributed by atoms with Gasteiger partial charge in [0.1, 0.15) is 0 Å². The number of hydrogen-bond acceptors (Lipinski definition) is 3. The zero-order chi connectivity index (χ0) is 19.4. The van der Waals surface area contributed by atoms with Crippen LogP contribution in [0.4, 0.5) is 0 Å². The summed E-state index contributed by atoms with van der Waals surface area (Å²) in [4.78, 5) is 13.3. The Hall–Kier alpha value is -1.40. The lowest BCUT2D eigenvalue weighted by Crippen LogP contribution is -2.60. The Kier molecular flexibility index (Phi) is 4.55. The molecule has 1 N–H and O–H groups in total. The van der Waals surface area contributed by atoms with Crippen LogP contribution < -0.4 is 5.32 Å². The number of carbonyl (C=O) groups excluding carboxylic acids is 1. The fourth-order valence-corrected chi connectivity index (χ4v) is 8.60. The van der Waals surface area contributed by atoms with Crippen molar-refractivity contribution in [2.24, 2.45) is 17.8 Å². The van der Waals surface area contributed by atoms with Gasteiger partial charge >= 0.3 is 0 Å². The summed E-state index contributed by atoms with van der Waals surface area (Å²) < 4.78 is 27.6. The predicted molar refractivity (Wildman–Crippen MR) is 107 cm³/mol. The molecule has 4 bridgehead atoms. The molecule has 1 amide bonds. The van der Waals surface area contributed by atoms with Crippen LogP contribution in [0.1, 0.15) is 57.8 Å². The van der Waals surface area contributed by atoms with Gasteiger partial charge in [0.25, 0.3) is 0 Å². The van der Waals surface area contributed by atoms with Gasteiger partial charge in [0.2, 0.25) is 15.9 Å². The van der Waals surface area contributed by atoms with E-state index in [9.17, 15) is 13.2 Å². The second-order valence-electron chi connectivity index (χ2n) is 9.68. The standard InChI is InChI=1S/C22H30N2O3S/c25-21(23-22-13-16-9-17(14-22)11-18(10-16)15-22)12-19-5-4-8-24(19)28(26,27)20-6-2-1-3-7-20/h1-3,6-7,16-19H,4-5,8-15H2,(H,23,25). The molecule has 1 aliphatic heterocycles. The Bertz CT molecular complexity index is 817. The average molecular weight is 403 g/mol. The summed E-state index contributed by atoms with van der Waals surface area (Å²) in [6.45, 7) is 0.506. The summed E-state index contributed by atoms with van der Waals surface area (Å²) in [7, 11) is -3.53. The lowest BCUT2D eigenvalue weighted by molar-refractivity contribution is -0.127. The molecule has 1 aromatic rings. The maximum atomic E-state index is 13.0. The van der Waals surface area contributed by atoms with E-state index in [4.69, 9.17) is 0 Å². The van der Waals surface area contributed by atoms with Crippen molar-refractivity contribution in [3.05, 3.63) is 30.3 Å². The topological polar surface area (TPSA) is 66.5 Å². The van der Waals surface area contributed by atoms with Gasteiger partial charge in [-0.25, -0.2) is 8.42 Å². The molecule has 5 aliphatic rings. The van der Waals surface area contributed by atoms with Crippen LogP contribution in [-0.4, -0.2) is 36.8 Å². The van der Waals surface area contributed by atoms with Gasteiger partial charge in [-0.2, -0.15) is 4.31 Å². The van der Waals surface area contributed by atoms with E-state index in [0.29, 0.717) is 11.4 Å². The van der Waals surface area contributed by atoms with Crippen LogP contribution in [0.15, 0.2) is 35.2 Å². The van der Waals surface area contributed by atoms with E-state index in [0.717, 1.165) is 49.9 Å². The zero-order valence-electron chi connectivity index (χ0n) is 16.3. The number of benzene rings is 1.